The van der Waals surface area contributed by atoms with Gasteiger partial charge in [-0.1, -0.05) is 12.8 Å². The molecule has 11 heteroatoms. The summed E-state index contributed by atoms with van der Waals surface area (Å²) in [5.74, 6) is -0.670. The predicted octanol–water partition coefficient (Wildman–Crippen LogP) is 1.16. The zero-order valence-corrected chi connectivity index (χ0v) is 17.5. The van der Waals surface area contributed by atoms with Crippen molar-refractivity contribution in [3.8, 4) is 0 Å². The molecule has 0 aliphatic carbocycles. The molecule has 2 rings (SSSR count). The van der Waals surface area contributed by atoms with Crippen molar-refractivity contribution in [2.75, 3.05) is 32.1 Å². The maximum absolute atomic E-state index is 12.4. The van der Waals surface area contributed by atoms with Crippen LogP contribution >= 0.6 is 19.4 Å². The third kappa shape index (κ3) is 6.84. The van der Waals surface area contributed by atoms with Crippen LogP contribution in [0.4, 0.5) is 0 Å². The van der Waals surface area contributed by atoms with Crippen molar-refractivity contribution in [1.29, 1.82) is 0 Å². The molecule has 0 bridgehead atoms. The standard InChI is InChI=1S/C17H25N2O7PS/c1-27(24,25)26-10-4-2-3-5-11-28-13-12-16(22)19(17(13)23)9-8-18-14(20)6-7-15(18)21/h6-7,13H,2-5,8-12H2,1H3,(H,24,25). The van der Waals surface area contributed by atoms with E-state index in [4.69, 9.17) is 9.42 Å². The Kier molecular flexibility index (Phi) is 8.42. The molecule has 9 nitrogen and oxygen atoms in total. The number of imide groups is 2. The number of carbonyl (C=O) groups is 4. The molecule has 4 amide bonds. The van der Waals surface area contributed by atoms with E-state index < -0.39 is 24.7 Å². The SMILES string of the molecule is CP(=O)(O)OCCCCCCSC1CC(=O)N(CCN2C(=O)C=CC2=O)C1=O. The van der Waals surface area contributed by atoms with Crippen LogP contribution in [0.15, 0.2) is 12.2 Å². The molecule has 156 valence electrons. The minimum atomic E-state index is -3.40. The van der Waals surface area contributed by atoms with Crippen molar-refractivity contribution in [2.24, 2.45) is 0 Å². The summed E-state index contributed by atoms with van der Waals surface area (Å²) in [5, 5.41) is -0.417. The molecule has 28 heavy (non-hydrogen) atoms. The van der Waals surface area contributed by atoms with Gasteiger partial charge in [0.2, 0.25) is 11.8 Å². The van der Waals surface area contributed by atoms with E-state index in [0.29, 0.717) is 6.42 Å². The van der Waals surface area contributed by atoms with Crippen LogP contribution in [0.5, 0.6) is 0 Å². The molecule has 2 atom stereocenters. The number of thioether (sulfide) groups is 1. The highest BCUT2D eigenvalue weighted by Crippen LogP contribution is 2.36. The fraction of sp³-hybridized carbons (Fsp3) is 0.647. The number of nitrogens with zero attached hydrogens (tertiary/aromatic N) is 2. The molecule has 0 aromatic heterocycles. The Balaban J connectivity index is 1.62. The van der Waals surface area contributed by atoms with Gasteiger partial charge in [-0.2, -0.15) is 0 Å². The van der Waals surface area contributed by atoms with Gasteiger partial charge in [-0.05, 0) is 18.6 Å². The van der Waals surface area contributed by atoms with Crippen molar-refractivity contribution in [2.45, 2.75) is 37.4 Å². The van der Waals surface area contributed by atoms with Crippen LogP contribution in [0.1, 0.15) is 32.1 Å². The van der Waals surface area contributed by atoms with E-state index in [-0.39, 0.29) is 37.9 Å². The minimum Gasteiger partial charge on any atom is -0.324 e. The average Bonchev–Trinajstić information content (AvgIpc) is 3.07. The minimum absolute atomic E-state index is 0.0140. The average molecular weight is 432 g/mol. The van der Waals surface area contributed by atoms with Gasteiger partial charge in [-0.15, -0.1) is 11.8 Å². The van der Waals surface area contributed by atoms with Crippen LogP contribution in [0.3, 0.4) is 0 Å². The molecule has 0 aromatic carbocycles. The van der Waals surface area contributed by atoms with E-state index in [1.54, 1.807) is 0 Å². The highest BCUT2D eigenvalue weighted by Gasteiger charge is 2.39. The van der Waals surface area contributed by atoms with E-state index in [0.717, 1.165) is 41.5 Å². The lowest BCUT2D eigenvalue weighted by Gasteiger charge is -2.19. The third-order valence-electron chi connectivity index (χ3n) is 4.34. The zero-order chi connectivity index (χ0) is 20.7. The Morgan fingerprint density at radius 1 is 1.07 bits per heavy atom. The Bertz CT molecular complexity index is 688. The number of carbonyl (C=O) groups excluding carboxylic acids is 4. The second-order valence-corrected chi connectivity index (χ2v) is 9.83. The van der Waals surface area contributed by atoms with Crippen LogP contribution in [0, 0.1) is 0 Å². The Morgan fingerprint density at radius 3 is 2.32 bits per heavy atom. The second-order valence-electron chi connectivity index (χ2n) is 6.66. The number of hydrogen-bond donors (Lipinski definition) is 1. The Labute approximate surface area is 168 Å². The van der Waals surface area contributed by atoms with E-state index >= 15 is 0 Å². The summed E-state index contributed by atoms with van der Waals surface area (Å²) in [6, 6.07) is 0. The van der Waals surface area contributed by atoms with Gasteiger partial charge in [0, 0.05) is 38.3 Å². The van der Waals surface area contributed by atoms with Crippen molar-refractivity contribution < 1.29 is 33.2 Å². The summed E-state index contributed by atoms with van der Waals surface area (Å²) in [6.07, 6.45) is 5.81. The summed E-state index contributed by atoms with van der Waals surface area (Å²) in [6.45, 7) is 1.45. The molecular weight excluding hydrogens is 407 g/mol. The third-order valence-corrected chi connectivity index (χ3v) is 6.30. The van der Waals surface area contributed by atoms with Crippen LogP contribution in [0.25, 0.3) is 0 Å². The van der Waals surface area contributed by atoms with Crippen molar-refractivity contribution in [3.63, 3.8) is 0 Å². The molecule has 1 fully saturated rings. The molecule has 0 saturated carbocycles. The quantitative estimate of drug-likeness (QED) is 0.277. The van der Waals surface area contributed by atoms with Gasteiger partial charge in [-0.25, -0.2) is 0 Å². The molecule has 0 aromatic rings. The van der Waals surface area contributed by atoms with Gasteiger partial charge in [0.05, 0.1) is 11.9 Å². The number of rotatable bonds is 12. The summed E-state index contributed by atoms with van der Waals surface area (Å²) in [5.41, 5.74) is 0. The highest BCUT2D eigenvalue weighted by molar-refractivity contribution is 8.00. The van der Waals surface area contributed by atoms with E-state index in [1.807, 2.05) is 0 Å². The monoisotopic (exact) mass is 432 g/mol. The van der Waals surface area contributed by atoms with Crippen LogP contribution in [-0.4, -0.2) is 75.7 Å². The van der Waals surface area contributed by atoms with Gasteiger partial charge in [0.15, 0.2) is 0 Å². The van der Waals surface area contributed by atoms with Crippen molar-refractivity contribution >= 4 is 43.0 Å². The second kappa shape index (κ2) is 10.3. The lowest BCUT2D eigenvalue weighted by atomic mass is 10.2. The van der Waals surface area contributed by atoms with Crippen LogP contribution < -0.4 is 0 Å². The molecule has 2 aliphatic rings. The maximum Gasteiger partial charge on any atom is 0.325 e. The first-order valence-corrected chi connectivity index (χ1v) is 12.2. The van der Waals surface area contributed by atoms with E-state index in [2.05, 4.69) is 0 Å². The van der Waals surface area contributed by atoms with Gasteiger partial charge in [0.1, 0.15) is 0 Å². The summed E-state index contributed by atoms with van der Waals surface area (Å²) in [4.78, 5) is 58.7. The number of likely N-dealkylation sites (tertiary alicyclic amines) is 1. The molecule has 1 saturated heterocycles. The molecule has 0 radical (unpaired) electrons. The van der Waals surface area contributed by atoms with Gasteiger partial charge < -0.3 is 9.42 Å². The summed E-state index contributed by atoms with van der Waals surface area (Å²) in [7, 11) is -3.40. The first kappa shape index (κ1) is 22.8. The lowest BCUT2D eigenvalue weighted by Crippen LogP contribution is -2.41. The maximum atomic E-state index is 12.4. The molecule has 2 heterocycles. The molecule has 1 N–H and O–H groups in total. The molecule has 2 unspecified atom stereocenters. The van der Waals surface area contributed by atoms with Crippen molar-refractivity contribution in [3.05, 3.63) is 12.2 Å². The highest BCUT2D eigenvalue weighted by atomic mass is 32.2. The Morgan fingerprint density at radius 2 is 1.68 bits per heavy atom. The largest absolute Gasteiger partial charge is 0.325 e. The fourth-order valence-corrected chi connectivity index (χ4v) is 4.54. The number of unbranched alkanes of at least 4 members (excludes halogenated alkanes) is 3. The first-order valence-electron chi connectivity index (χ1n) is 9.13. The van der Waals surface area contributed by atoms with Gasteiger partial charge in [-0.3, -0.25) is 33.5 Å². The van der Waals surface area contributed by atoms with Crippen molar-refractivity contribution in [1.82, 2.24) is 9.80 Å². The summed E-state index contributed by atoms with van der Waals surface area (Å²) >= 11 is 1.44. The lowest BCUT2D eigenvalue weighted by molar-refractivity contribution is -0.142. The first-order chi connectivity index (χ1) is 13.2. The zero-order valence-electron chi connectivity index (χ0n) is 15.7. The van der Waals surface area contributed by atoms with Crippen LogP contribution in [-0.2, 0) is 28.3 Å². The predicted molar refractivity (Wildman–Crippen MR) is 104 cm³/mol. The Hall–Kier alpha value is -1.48. The van der Waals surface area contributed by atoms with E-state index in [1.165, 1.54) is 23.9 Å². The normalized spacial score (nSPS) is 21.9. The molecular formula is C17H25N2O7PS. The van der Waals surface area contributed by atoms with Gasteiger partial charge >= 0.3 is 7.60 Å². The summed E-state index contributed by atoms with van der Waals surface area (Å²) < 4.78 is 15.8. The number of hydrogen-bond acceptors (Lipinski definition) is 7. The molecule has 0 spiro atoms. The smallest absolute Gasteiger partial charge is 0.324 e. The van der Waals surface area contributed by atoms with Crippen LogP contribution in [0.2, 0.25) is 0 Å². The fourth-order valence-electron chi connectivity index (χ4n) is 2.89. The number of amides is 4. The van der Waals surface area contributed by atoms with E-state index in [9.17, 15) is 23.7 Å². The van der Waals surface area contributed by atoms with Gasteiger partial charge in [0.25, 0.3) is 11.8 Å². The topological polar surface area (TPSA) is 121 Å². The molecule has 2 aliphatic heterocycles.